The first-order valence-corrected chi connectivity index (χ1v) is 9.54. The minimum atomic E-state index is -0.643. The molecule has 6 nitrogen and oxygen atoms in total. The molecule has 0 spiro atoms. The zero-order chi connectivity index (χ0) is 19.8. The van der Waals surface area contributed by atoms with Crippen LogP contribution in [0.3, 0.4) is 0 Å². The average Bonchev–Trinajstić information content (AvgIpc) is 2.71. The van der Waals surface area contributed by atoms with E-state index in [-0.39, 0.29) is 0 Å². The number of aromatic nitrogens is 2. The molecule has 2 atom stereocenters. The molecule has 0 aliphatic carbocycles. The van der Waals surface area contributed by atoms with Crippen LogP contribution in [0.25, 0.3) is 10.9 Å². The van der Waals surface area contributed by atoms with Gasteiger partial charge in [0, 0.05) is 30.1 Å². The van der Waals surface area contributed by atoms with Gasteiger partial charge in [-0.1, -0.05) is 18.2 Å². The zero-order valence-corrected chi connectivity index (χ0v) is 16.4. The van der Waals surface area contributed by atoms with E-state index in [0.29, 0.717) is 5.75 Å². The number of fused-ring (bicyclic) bond motifs is 2. The van der Waals surface area contributed by atoms with Crippen molar-refractivity contribution >= 4 is 16.6 Å². The topological polar surface area (TPSA) is 78.7 Å². The van der Waals surface area contributed by atoms with Crippen LogP contribution in [-0.2, 0) is 13.0 Å². The second-order valence-corrected chi connectivity index (χ2v) is 7.35. The van der Waals surface area contributed by atoms with Gasteiger partial charge >= 0.3 is 0 Å². The molecule has 0 amide bonds. The Hall–Kier alpha value is -2.70. The van der Waals surface area contributed by atoms with Crippen molar-refractivity contribution in [2.75, 3.05) is 18.6 Å². The molecule has 2 unspecified atom stereocenters. The van der Waals surface area contributed by atoms with Crippen molar-refractivity contribution in [2.45, 2.75) is 39.0 Å². The molecular weight excluding hydrogens is 354 g/mol. The third-order valence-electron chi connectivity index (χ3n) is 5.51. The minimum Gasteiger partial charge on any atom is -0.496 e. The summed E-state index contributed by atoms with van der Waals surface area (Å²) in [7, 11) is 1.59. The van der Waals surface area contributed by atoms with Crippen LogP contribution in [0.15, 0.2) is 36.5 Å². The van der Waals surface area contributed by atoms with Crippen molar-refractivity contribution < 1.29 is 14.9 Å². The standard InChI is InChI=1S/C22H25N3O3/c1-13(26)16-6-4-5-15-12-25(8-7-17(15)16)21-11-23-24-20-10-22(28-3)18(14(2)27)9-19(20)21/h4-6,9-11,13-14,26-27H,7-8,12H2,1-3H3. The lowest BCUT2D eigenvalue weighted by Gasteiger charge is -2.32. The van der Waals surface area contributed by atoms with Crippen LogP contribution in [-0.4, -0.2) is 34.1 Å². The van der Waals surface area contributed by atoms with E-state index in [1.54, 1.807) is 20.2 Å². The van der Waals surface area contributed by atoms with Crippen molar-refractivity contribution in [2.24, 2.45) is 0 Å². The molecule has 1 aromatic heterocycles. The van der Waals surface area contributed by atoms with E-state index in [4.69, 9.17) is 4.74 Å². The molecule has 6 heteroatoms. The van der Waals surface area contributed by atoms with Gasteiger partial charge < -0.3 is 19.8 Å². The summed E-state index contributed by atoms with van der Waals surface area (Å²) in [5, 5.41) is 29.6. The van der Waals surface area contributed by atoms with Gasteiger partial charge in [0.25, 0.3) is 0 Å². The molecule has 2 heterocycles. The summed E-state index contributed by atoms with van der Waals surface area (Å²) in [6, 6.07) is 9.91. The number of methoxy groups -OCH3 is 1. The van der Waals surface area contributed by atoms with Crippen LogP contribution in [0.2, 0.25) is 0 Å². The molecule has 0 saturated carbocycles. The Balaban J connectivity index is 1.78. The summed E-state index contributed by atoms with van der Waals surface area (Å²) in [6.45, 7) is 5.11. The Morgan fingerprint density at radius 3 is 2.61 bits per heavy atom. The predicted octanol–water partition coefficient (Wildman–Crippen LogP) is 3.31. The van der Waals surface area contributed by atoms with Gasteiger partial charge in [0.15, 0.2) is 0 Å². The predicted molar refractivity (Wildman–Crippen MR) is 109 cm³/mol. The molecule has 0 radical (unpaired) electrons. The fourth-order valence-corrected chi connectivity index (χ4v) is 4.08. The zero-order valence-electron chi connectivity index (χ0n) is 16.4. The Morgan fingerprint density at radius 2 is 1.89 bits per heavy atom. The molecule has 146 valence electrons. The number of ether oxygens (including phenoxy) is 1. The van der Waals surface area contributed by atoms with E-state index in [0.717, 1.165) is 47.2 Å². The van der Waals surface area contributed by atoms with Gasteiger partial charge in [-0.3, -0.25) is 0 Å². The summed E-state index contributed by atoms with van der Waals surface area (Å²) >= 11 is 0. The molecule has 1 aliphatic rings. The summed E-state index contributed by atoms with van der Waals surface area (Å²) < 4.78 is 5.42. The highest BCUT2D eigenvalue weighted by molar-refractivity contribution is 5.92. The third kappa shape index (κ3) is 3.19. The van der Waals surface area contributed by atoms with Crippen molar-refractivity contribution in [1.82, 2.24) is 10.2 Å². The number of benzene rings is 2. The number of anilines is 1. The van der Waals surface area contributed by atoms with Crippen LogP contribution in [0.1, 0.15) is 48.3 Å². The molecular formula is C22H25N3O3. The van der Waals surface area contributed by atoms with E-state index in [1.165, 1.54) is 11.1 Å². The quantitative estimate of drug-likeness (QED) is 0.724. The first-order chi connectivity index (χ1) is 13.5. The van der Waals surface area contributed by atoms with Crippen molar-refractivity contribution in [3.8, 4) is 5.75 Å². The second-order valence-electron chi connectivity index (χ2n) is 7.35. The van der Waals surface area contributed by atoms with E-state index in [9.17, 15) is 10.2 Å². The van der Waals surface area contributed by atoms with Crippen molar-refractivity contribution in [3.63, 3.8) is 0 Å². The van der Waals surface area contributed by atoms with Crippen LogP contribution in [0.4, 0.5) is 5.69 Å². The molecule has 2 aromatic carbocycles. The Labute approximate surface area is 164 Å². The Bertz CT molecular complexity index is 1020. The lowest BCUT2D eigenvalue weighted by molar-refractivity contribution is 0.194. The average molecular weight is 379 g/mol. The van der Waals surface area contributed by atoms with Gasteiger partial charge in [-0.15, -0.1) is 0 Å². The molecule has 0 saturated heterocycles. The minimum absolute atomic E-state index is 0.467. The van der Waals surface area contributed by atoms with Gasteiger partial charge in [0.1, 0.15) is 5.75 Å². The summed E-state index contributed by atoms with van der Waals surface area (Å²) in [6.07, 6.45) is 1.53. The Kier molecular flexibility index (Phi) is 4.91. The number of aliphatic hydroxyl groups is 2. The number of nitrogens with zero attached hydrogens (tertiary/aromatic N) is 3. The maximum atomic E-state index is 10.2. The molecule has 0 fully saturated rings. The number of hydrogen-bond donors (Lipinski definition) is 2. The van der Waals surface area contributed by atoms with Crippen LogP contribution < -0.4 is 9.64 Å². The summed E-state index contributed by atoms with van der Waals surface area (Å²) in [5.41, 5.74) is 5.93. The fourth-order valence-electron chi connectivity index (χ4n) is 4.08. The number of rotatable bonds is 4. The van der Waals surface area contributed by atoms with E-state index >= 15 is 0 Å². The van der Waals surface area contributed by atoms with Crippen molar-refractivity contribution in [1.29, 1.82) is 0 Å². The molecule has 3 aromatic rings. The van der Waals surface area contributed by atoms with E-state index in [1.807, 2.05) is 31.2 Å². The maximum absolute atomic E-state index is 10.2. The van der Waals surface area contributed by atoms with Crippen LogP contribution in [0.5, 0.6) is 5.75 Å². The SMILES string of the molecule is COc1cc2nncc(N3CCc4c(cccc4C(C)O)C3)c2cc1C(C)O. The second kappa shape index (κ2) is 7.37. The highest BCUT2D eigenvalue weighted by Crippen LogP contribution is 2.36. The highest BCUT2D eigenvalue weighted by Gasteiger charge is 2.23. The largest absolute Gasteiger partial charge is 0.496 e. The van der Waals surface area contributed by atoms with Gasteiger partial charge in [0.2, 0.25) is 0 Å². The van der Waals surface area contributed by atoms with Gasteiger partial charge in [0.05, 0.1) is 36.7 Å². The van der Waals surface area contributed by atoms with Crippen molar-refractivity contribution in [3.05, 3.63) is 58.8 Å². The first-order valence-electron chi connectivity index (χ1n) is 9.54. The van der Waals surface area contributed by atoms with Crippen LogP contribution in [0, 0.1) is 0 Å². The third-order valence-corrected chi connectivity index (χ3v) is 5.51. The number of hydrogen-bond acceptors (Lipinski definition) is 6. The van der Waals surface area contributed by atoms with E-state index in [2.05, 4.69) is 21.2 Å². The fraction of sp³-hybridized carbons (Fsp3) is 0.364. The molecule has 1 aliphatic heterocycles. The molecule has 4 rings (SSSR count). The van der Waals surface area contributed by atoms with Gasteiger partial charge in [-0.05, 0) is 43.0 Å². The normalized spacial score (nSPS) is 16.0. The summed E-state index contributed by atoms with van der Waals surface area (Å²) in [4.78, 5) is 2.28. The Morgan fingerprint density at radius 1 is 1.11 bits per heavy atom. The molecule has 28 heavy (non-hydrogen) atoms. The monoisotopic (exact) mass is 379 g/mol. The highest BCUT2D eigenvalue weighted by atomic mass is 16.5. The van der Waals surface area contributed by atoms with Gasteiger partial charge in [-0.2, -0.15) is 10.2 Å². The van der Waals surface area contributed by atoms with E-state index < -0.39 is 12.2 Å². The number of aliphatic hydroxyl groups excluding tert-OH is 2. The molecule has 2 N–H and O–H groups in total. The smallest absolute Gasteiger partial charge is 0.126 e. The lowest BCUT2D eigenvalue weighted by atomic mass is 9.92. The van der Waals surface area contributed by atoms with Crippen LogP contribution >= 0.6 is 0 Å². The lowest BCUT2D eigenvalue weighted by Crippen LogP contribution is -2.31. The van der Waals surface area contributed by atoms with Gasteiger partial charge in [-0.25, -0.2) is 0 Å². The molecule has 0 bridgehead atoms. The first kappa shape index (κ1) is 18.7. The maximum Gasteiger partial charge on any atom is 0.126 e. The summed E-state index contributed by atoms with van der Waals surface area (Å²) in [5.74, 6) is 0.611.